The van der Waals surface area contributed by atoms with Crippen LogP contribution in [-0.4, -0.2) is 49.7 Å². The lowest BCUT2D eigenvalue weighted by atomic mass is 10.1. The highest BCUT2D eigenvalue weighted by atomic mass is 32.2. The van der Waals surface area contributed by atoms with Crippen molar-refractivity contribution in [1.29, 1.82) is 0 Å². The van der Waals surface area contributed by atoms with Gasteiger partial charge in [-0.1, -0.05) is 32.0 Å². The van der Waals surface area contributed by atoms with Crippen LogP contribution in [0.4, 0.5) is 24.5 Å². The van der Waals surface area contributed by atoms with E-state index >= 15 is 0 Å². The number of thioether (sulfide) groups is 1. The van der Waals surface area contributed by atoms with E-state index in [1.807, 2.05) is 32.0 Å². The van der Waals surface area contributed by atoms with Crippen LogP contribution < -0.4 is 15.4 Å². The van der Waals surface area contributed by atoms with Gasteiger partial charge in [0.2, 0.25) is 6.35 Å². The maximum atomic E-state index is 12.4. The van der Waals surface area contributed by atoms with Gasteiger partial charge in [0.05, 0.1) is 11.6 Å². The summed E-state index contributed by atoms with van der Waals surface area (Å²) in [7, 11) is 0. The number of aryl methyl sites for hydroxylation is 2. The van der Waals surface area contributed by atoms with Crippen LogP contribution in [0.2, 0.25) is 0 Å². The second kappa shape index (κ2) is 14.3. The van der Waals surface area contributed by atoms with Crippen molar-refractivity contribution in [3.63, 3.8) is 0 Å². The molecule has 0 bridgehead atoms. The van der Waals surface area contributed by atoms with E-state index in [0.29, 0.717) is 27.9 Å². The Morgan fingerprint density at radius 2 is 1.70 bits per heavy atom. The number of ether oxygens (including phenoxy) is 2. The van der Waals surface area contributed by atoms with Crippen LogP contribution >= 0.6 is 11.8 Å². The summed E-state index contributed by atoms with van der Waals surface area (Å²) >= 11 is 1.14. The number of nitrogens with zero attached hydrogens (tertiary/aromatic N) is 4. The molecule has 0 aliphatic heterocycles. The summed E-state index contributed by atoms with van der Waals surface area (Å²) in [5, 5.41) is 21.6. The summed E-state index contributed by atoms with van der Waals surface area (Å²) in [5.41, 5.74) is 4.54. The van der Waals surface area contributed by atoms with Crippen LogP contribution in [0.15, 0.2) is 78.0 Å². The maximum Gasteiger partial charge on any atom is 0.573 e. The van der Waals surface area contributed by atoms with Crippen LogP contribution in [0.5, 0.6) is 5.75 Å². The molecule has 0 saturated heterocycles. The van der Waals surface area contributed by atoms with Crippen molar-refractivity contribution < 1.29 is 32.5 Å². The van der Waals surface area contributed by atoms with Gasteiger partial charge in [-0.15, -0.1) is 18.3 Å². The summed E-state index contributed by atoms with van der Waals surface area (Å²) in [6.07, 6.45) is -4.66. The minimum absolute atomic E-state index is 0.0142. The van der Waals surface area contributed by atoms with E-state index in [9.17, 15) is 23.1 Å². The third kappa shape index (κ3) is 9.22. The first kappa shape index (κ1) is 32.4. The van der Waals surface area contributed by atoms with Crippen LogP contribution in [0.25, 0.3) is 17.1 Å². The fourth-order valence-electron chi connectivity index (χ4n) is 3.86. The molecule has 3 aromatic carbocycles. The lowest BCUT2D eigenvalue weighted by Gasteiger charge is -2.17. The molecule has 10 nitrogen and oxygen atoms in total. The van der Waals surface area contributed by atoms with Crippen molar-refractivity contribution in [2.45, 2.75) is 40.4 Å². The van der Waals surface area contributed by atoms with E-state index in [1.54, 1.807) is 38.1 Å². The predicted octanol–water partition coefficient (Wildman–Crippen LogP) is 6.50. The zero-order chi connectivity index (χ0) is 31.9. The molecule has 4 aromatic rings. The van der Waals surface area contributed by atoms with Gasteiger partial charge >= 0.3 is 12.3 Å². The molecule has 0 spiro atoms. The first-order valence-corrected chi connectivity index (χ1v) is 14.4. The minimum Gasteiger partial charge on any atom is -0.454 e. The standard InChI is InChI=1S/C30H31F3N6O4S/c1-18(2)27(40)42-17-44-29(36-25-19(3)6-5-7-20(25)4)37-28(41)35-22-10-8-21(9-11-22)26-34-16-39(38-26)23-12-14-24(15-13-23)43-30(31,32)33/h5-16,18,28,35,41H,17H2,1-4H3,(H,36,37). The van der Waals surface area contributed by atoms with Gasteiger partial charge in [-0.25, -0.2) is 14.7 Å². The molecule has 14 heteroatoms. The molecule has 232 valence electrons. The molecule has 3 N–H and O–H groups in total. The Balaban J connectivity index is 1.43. The Labute approximate surface area is 256 Å². The molecule has 1 unspecified atom stereocenters. The number of hydrogen-bond donors (Lipinski definition) is 3. The van der Waals surface area contributed by atoms with Gasteiger partial charge in [0.15, 0.2) is 11.0 Å². The second-order valence-electron chi connectivity index (χ2n) is 9.86. The van der Waals surface area contributed by atoms with Crippen LogP contribution in [0.1, 0.15) is 25.0 Å². The molecule has 0 saturated carbocycles. The van der Waals surface area contributed by atoms with Crippen molar-refractivity contribution in [2.75, 3.05) is 16.6 Å². The first-order valence-electron chi connectivity index (χ1n) is 13.4. The highest BCUT2D eigenvalue weighted by Gasteiger charge is 2.31. The summed E-state index contributed by atoms with van der Waals surface area (Å²) in [4.78, 5) is 20.5. The molecule has 1 heterocycles. The largest absolute Gasteiger partial charge is 0.573 e. The third-order valence-electron chi connectivity index (χ3n) is 6.09. The molecular formula is C30H31F3N6O4S. The topological polar surface area (TPSA) is 123 Å². The Kier molecular flexibility index (Phi) is 10.5. The average Bonchev–Trinajstić information content (AvgIpc) is 3.45. The summed E-state index contributed by atoms with van der Waals surface area (Å²) in [6.45, 7) is 7.40. The number of amidine groups is 1. The number of nitrogens with one attached hydrogen (secondary N) is 2. The van der Waals surface area contributed by atoms with Crippen molar-refractivity contribution in [3.8, 4) is 22.8 Å². The number of benzene rings is 3. The molecule has 0 aliphatic rings. The summed E-state index contributed by atoms with van der Waals surface area (Å²) in [6, 6.07) is 18.0. The van der Waals surface area contributed by atoms with Gasteiger partial charge in [0, 0.05) is 16.9 Å². The molecule has 0 radical (unpaired) electrons. The number of halogens is 3. The highest BCUT2D eigenvalue weighted by molar-refractivity contribution is 8.14. The molecule has 0 fully saturated rings. The van der Waals surface area contributed by atoms with Gasteiger partial charge in [-0.05, 0) is 85.3 Å². The number of aliphatic hydroxyl groups is 1. The number of carbonyl (C=O) groups excluding carboxylic acids is 1. The number of para-hydroxylation sites is 1. The minimum atomic E-state index is -4.77. The smallest absolute Gasteiger partial charge is 0.454 e. The number of anilines is 2. The Bertz CT molecular complexity index is 1570. The molecular weight excluding hydrogens is 597 g/mol. The number of alkyl halides is 3. The van der Waals surface area contributed by atoms with Gasteiger partial charge < -0.3 is 25.2 Å². The lowest BCUT2D eigenvalue weighted by Crippen LogP contribution is -2.22. The van der Waals surface area contributed by atoms with Crippen LogP contribution in [0, 0.1) is 19.8 Å². The fourth-order valence-corrected chi connectivity index (χ4v) is 4.50. The number of aliphatic hydroxyl groups excluding tert-OH is 1. The number of esters is 1. The molecule has 0 aliphatic carbocycles. The van der Waals surface area contributed by atoms with E-state index in [0.717, 1.165) is 28.6 Å². The maximum absolute atomic E-state index is 12.4. The molecule has 4 rings (SSSR count). The quantitative estimate of drug-likeness (QED) is 0.0782. The van der Waals surface area contributed by atoms with E-state index in [4.69, 9.17) is 4.74 Å². The van der Waals surface area contributed by atoms with E-state index in [-0.39, 0.29) is 23.6 Å². The predicted molar refractivity (Wildman–Crippen MR) is 163 cm³/mol. The van der Waals surface area contributed by atoms with Gasteiger partial charge in [-0.2, -0.15) is 0 Å². The zero-order valence-electron chi connectivity index (χ0n) is 24.3. The molecule has 1 atom stereocenters. The monoisotopic (exact) mass is 628 g/mol. The first-order chi connectivity index (χ1) is 20.9. The Morgan fingerprint density at radius 3 is 2.32 bits per heavy atom. The second-order valence-corrected chi connectivity index (χ2v) is 10.8. The van der Waals surface area contributed by atoms with Crippen molar-refractivity contribution in [1.82, 2.24) is 14.8 Å². The Hall–Kier alpha value is -4.56. The Morgan fingerprint density at radius 1 is 1.05 bits per heavy atom. The van der Waals surface area contributed by atoms with E-state index in [1.165, 1.54) is 35.3 Å². The number of aliphatic imine (C=N–C) groups is 1. The fraction of sp³-hybridized carbons (Fsp3) is 0.267. The average molecular weight is 629 g/mol. The normalized spacial score (nSPS) is 12.6. The zero-order valence-corrected chi connectivity index (χ0v) is 25.1. The van der Waals surface area contributed by atoms with Crippen molar-refractivity contribution >= 4 is 34.3 Å². The van der Waals surface area contributed by atoms with E-state index in [2.05, 4.69) is 30.4 Å². The van der Waals surface area contributed by atoms with Crippen LogP contribution in [-0.2, 0) is 9.53 Å². The van der Waals surface area contributed by atoms with Gasteiger partial charge in [0.1, 0.15) is 18.0 Å². The van der Waals surface area contributed by atoms with Crippen LogP contribution in [0.3, 0.4) is 0 Å². The van der Waals surface area contributed by atoms with E-state index < -0.39 is 12.7 Å². The molecule has 44 heavy (non-hydrogen) atoms. The summed E-state index contributed by atoms with van der Waals surface area (Å²) < 4.78 is 47.9. The van der Waals surface area contributed by atoms with Crippen molar-refractivity contribution in [3.05, 3.63) is 84.2 Å². The van der Waals surface area contributed by atoms with Crippen molar-refractivity contribution in [2.24, 2.45) is 10.9 Å². The lowest BCUT2D eigenvalue weighted by molar-refractivity contribution is -0.274. The summed E-state index contributed by atoms with van der Waals surface area (Å²) in [5.74, 6) is -0.540. The number of carbonyl (C=O) groups is 1. The van der Waals surface area contributed by atoms with Gasteiger partial charge in [-0.3, -0.25) is 4.79 Å². The highest BCUT2D eigenvalue weighted by Crippen LogP contribution is 2.25. The SMILES string of the molecule is Cc1cccc(C)c1NC(=NC(O)Nc1ccc(-c2ncn(-c3ccc(OC(F)(F)F)cc3)n2)cc1)SCOC(=O)C(C)C. The number of aromatic nitrogens is 3. The number of hydrogen-bond acceptors (Lipinski definition) is 9. The third-order valence-corrected chi connectivity index (χ3v) is 6.80. The molecule has 1 aromatic heterocycles. The number of rotatable bonds is 10. The molecule has 0 amide bonds. The van der Waals surface area contributed by atoms with Gasteiger partial charge in [0.25, 0.3) is 0 Å².